The Hall–Kier alpha value is -2.00. The first-order valence-corrected chi connectivity index (χ1v) is 5.58. The molecule has 0 N–H and O–H groups in total. The second kappa shape index (κ2) is 5.10. The van der Waals surface area contributed by atoms with Crippen LogP contribution in [0.15, 0.2) is 34.9 Å². The number of benzene rings is 1. The number of pyridine rings is 1. The topological polar surface area (TPSA) is 45.9 Å². The average molecular weight is 311 g/mol. The third-order valence-electron chi connectivity index (χ3n) is 2.04. The third kappa shape index (κ3) is 2.63. The lowest BCUT2D eigenvalue weighted by Gasteiger charge is -2.07. The Balaban J connectivity index is 2.31. The highest BCUT2D eigenvalue weighted by atomic mass is 79.9. The average Bonchev–Trinajstić information content (AvgIpc) is 2.36. The van der Waals surface area contributed by atoms with Gasteiger partial charge in [-0.1, -0.05) is 15.9 Å². The number of aromatic nitrogens is 1. The van der Waals surface area contributed by atoms with E-state index in [-0.39, 0.29) is 17.2 Å². The minimum atomic E-state index is -1.08. The highest BCUT2D eigenvalue weighted by Gasteiger charge is 2.12. The van der Waals surface area contributed by atoms with Crippen LogP contribution in [0.25, 0.3) is 0 Å². The molecule has 0 fully saturated rings. The van der Waals surface area contributed by atoms with Gasteiger partial charge in [0, 0.05) is 4.47 Å². The molecule has 3 nitrogen and oxygen atoms in total. The van der Waals surface area contributed by atoms with Gasteiger partial charge in [-0.05, 0) is 24.3 Å². The molecule has 6 heteroatoms. The van der Waals surface area contributed by atoms with Crippen molar-refractivity contribution in [3.05, 3.63) is 52.3 Å². The Bertz CT molecular complexity index is 623. The molecular weight excluding hydrogens is 306 g/mol. The molecule has 0 unspecified atom stereocenters. The number of rotatable bonds is 2. The SMILES string of the molecule is N#Cc1ccc(Oc2cc(Br)cc(F)c2F)cn1. The zero-order chi connectivity index (χ0) is 13.1. The number of nitriles is 1. The van der Waals surface area contributed by atoms with Crippen LogP contribution in [0.5, 0.6) is 11.5 Å². The lowest BCUT2D eigenvalue weighted by molar-refractivity contribution is 0.414. The normalized spacial score (nSPS) is 9.89. The smallest absolute Gasteiger partial charge is 0.201 e. The summed E-state index contributed by atoms with van der Waals surface area (Å²) >= 11 is 3.04. The Morgan fingerprint density at radius 2 is 2.06 bits per heavy atom. The van der Waals surface area contributed by atoms with Gasteiger partial charge < -0.3 is 4.74 Å². The van der Waals surface area contributed by atoms with Crippen LogP contribution in [0.1, 0.15) is 5.69 Å². The highest BCUT2D eigenvalue weighted by Crippen LogP contribution is 2.29. The van der Waals surface area contributed by atoms with Gasteiger partial charge in [-0.15, -0.1) is 0 Å². The molecule has 0 aliphatic rings. The van der Waals surface area contributed by atoms with Crippen molar-refractivity contribution in [2.45, 2.75) is 0 Å². The van der Waals surface area contributed by atoms with E-state index in [0.29, 0.717) is 4.47 Å². The van der Waals surface area contributed by atoms with E-state index in [9.17, 15) is 8.78 Å². The Morgan fingerprint density at radius 3 is 2.67 bits per heavy atom. The summed E-state index contributed by atoms with van der Waals surface area (Å²) in [5.41, 5.74) is 0.211. The van der Waals surface area contributed by atoms with Crippen molar-refractivity contribution in [1.29, 1.82) is 5.26 Å². The van der Waals surface area contributed by atoms with Gasteiger partial charge in [0.2, 0.25) is 5.82 Å². The molecule has 2 rings (SSSR count). The first-order valence-electron chi connectivity index (χ1n) is 4.78. The third-order valence-corrected chi connectivity index (χ3v) is 2.50. The molecule has 18 heavy (non-hydrogen) atoms. The van der Waals surface area contributed by atoms with Gasteiger partial charge in [-0.2, -0.15) is 9.65 Å². The van der Waals surface area contributed by atoms with E-state index in [0.717, 1.165) is 6.07 Å². The van der Waals surface area contributed by atoms with E-state index >= 15 is 0 Å². The van der Waals surface area contributed by atoms with Crippen molar-refractivity contribution in [3.63, 3.8) is 0 Å². The fourth-order valence-corrected chi connectivity index (χ4v) is 1.65. The first kappa shape index (κ1) is 12.5. The summed E-state index contributed by atoms with van der Waals surface area (Å²) in [6, 6.07) is 7.01. The summed E-state index contributed by atoms with van der Waals surface area (Å²) in [5, 5.41) is 8.57. The zero-order valence-electron chi connectivity index (χ0n) is 8.82. The van der Waals surface area contributed by atoms with Gasteiger partial charge in [-0.25, -0.2) is 9.37 Å². The first-order chi connectivity index (χ1) is 8.60. The summed E-state index contributed by atoms with van der Waals surface area (Å²) < 4.78 is 32.0. The van der Waals surface area contributed by atoms with Crippen LogP contribution in [0.3, 0.4) is 0 Å². The maximum Gasteiger partial charge on any atom is 0.201 e. The number of hydrogen-bond acceptors (Lipinski definition) is 3. The molecule has 0 aliphatic heterocycles. The molecule has 0 radical (unpaired) electrons. The van der Waals surface area contributed by atoms with E-state index in [1.165, 1.54) is 24.4 Å². The second-order valence-corrected chi connectivity index (χ2v) is 4.21. The van der Waals surface area contributed by atoms with E-state index in [1.807, 2.05) is 6.07 Å². The largest absolute Gasteiger partial charge is 0.453 e. The number of halogens is 3. The van der Waals surface area contributed by atoms with Gasteiger partial charge in [0.05, 0.1) is 6.20 Å². The Kier molecular flexibility index (Phi) is 3.53. The maximum absolute atomic E-state index is 13.4. The summed E-state index contributed by atoms with van der Waals surface area (Å²) in [6.07, 6.45) is 1.26. The van der Waals surface area contributed by atoms with Crippen LogP contribution >= 0.6 is 15.9 Å². The number of nitrogens with zero attached hydrogens (tertiary/aromatic N) is 2. The van der Waals surface area contributed by atoms with E-state index in [1.54, 1.807) is 0 Å². The van der Waals surface area contributed by atoms with Gasteiger partial charge >= 0.3 is 0 Å². The van der Waals surface area contributed by atoms with Crippen molar-refractivity contribution in [3.8, 4) is 17.6 Å². The molecular formula is C12H5BrF2N2O. The fraction of sp³-hybridized carbons (Fsp3) is 0. The Labute approximate surface area is 110 Å². The minimum Gasteiger partial charge on any atom is -0.453 e. The molecule has 0 spiro atoms. The Morgan fingerprint density at radius 1 is 1.28 bits per heavy atom. The summed E-state index contributed by atoms with van der Waals surface area (Å²) in [7, 11) is 0. The van der Waals surface area contributed by atoms with Gasteiger partial charge in [0.1, 0.15) is 17.5 Å². The molecule has 90 valence electrons. The van der Waals surface area contributed by atoms with Crippen molar-refractivity contribution in [2.24, 2.45) is 0 Å². The van der Waals surface area contributed by atoms with Crippen LogP contribution in [0, 0.1) is 23.0 Å². The van der Waals surface area contributed by atoms with E-state index in [2.05, 4.69) is 20.9 Å². The maximum atomic E-state index is 13.4. The van der Waals surface area contributed by atoms with Crippen molar-refractivity contribution in [1.82, 2.24) is 4.98 Å². The predicted octanol–water partition coefficient (Wildman–Crippen LogP) is 3.79. The van der Waals surface area contributed by atoms with Crippen molar-refractivity contribution in [2.75, 3.05) is 0 Å². The molecule has 1 aromatic carbocycles. The summed E-state index contributed by atoms with van der Waals surface area (Å²) in [5.74, 6) is -2.14. The molecule has 2 aromatic rings. The summed E-state index contributed by atoms with van der Waals surface area (Å²) in [6.45, 7) is 0. The van der Waals surface area contributed by atoms with Crippen LogP contribution in [-0.2, 0) is 0 Å². The van der Waals surface area contributed by atoms with Gasteiger partial charge in [0.25, 0.3) is 0 Å². The minimum absolute atomic E-state index is 0.211. The quantitative estimate of drug-likeness (QED) is 0.793. The number of ether oxygens (including phenoxy) is 1. The molecule has 0 bridgehead atoms. The van der Waals surface area contributed by atoms with Crippen LogP contribution in [0.2, 0.25) is 0 Å². The van der Waals surface area contributed by atoms with Gasteiger partial charge in [0.15, 0.2) is 11.6 Å². The van der Waals surface area contributed by atoms with Crippen molar-refractivity contribution >= 4 is 15.9 Å². The van der Waals surface area contributed by atoms with Gasteiger partial charge in [-0.3, -0.25) is 0 Å². The molecule has 1 heterocycles. The van der Waals surface area contributed by atoms with Crippen molar-refractivity contribution < 1.29 is 13.5 Å². The molecule has 0 amide bonds. The van der Waals surface area contributed by atoms with Crippen LogP contribution < -0.4 is 4.74 Å². The van der Waals surface area contributed by atoms with E-state index < -0.39 is 11.6 Å². The molecule has 0 saturated heterocycles. The second-order valence-electron chi connectivity index (χ2n) is 3.29. The van der Waals surface area contributed by atoms with E-state index in [4.69, 9.17) is 10.00 Å². The summed E-state index contributed by atoms with van der Waals surface area (Å²) in [4.78, 5) is 3.75. The molecule has 0 saturated carbocycles. The fourth-order valence-electron chi connectivity index (χ4n) is 1.24. The molecule has 0 atom stereocenters. The standard InChI is InChI=1S/C12H5BrF2N2O/c13-7-3-10(14)12(15)11(4-7)18-9-2-1-8(5-16)17-6-9/h1-4,6H. The number of hydrogen-bond donors (Lipinski definition) is 0. The lowest BCUT2D eigenvalue weighted by atomic mass is 10.3. The lowest BCUT2D eigenvalue weighted by Crippen LogP contribution is -1.93. The van der Waals surface area contributed by atoms with Crippen LogP contribution in [0.4, 0.5) is 8.78 Å². The predicted molar refractivity (Wildman–Crippen MR) is 63.1 cm³/mol. The zero-order valence-corrected chi connectivity index (χ0v) is 10.4. The monoisotopic (exact) mass is 310 g/mol. The molecule has 0 aliphatic carbocycles. The highest BCUT2D eigenvalue weighted by molar-refractivity contribution is 9.10. The molecule has 1 aromatic heterocycles. The van der Waals surface area contributed by atoms with Crippen LogP contribution in [-0.4, -0.2) is 4.98 Å².